The summed E-state index contributed by atoms with van der Waals surface area (Å²) in [6.45, 7) is 4.19. The van der Waals surface area contributed by atoms with Gasteiger partial charge in [-0.2, -0.15) is 0 Å². The highest BCUT2D eigenvalue weighted by Crippen LogP contribution is 2.16. The van der Waals surface area contributed by atoms with Crippen molar-refractivity contribution in [2.45, 2.75) is 26.7 Å². The molecular weight excluding hydrogens is 262 g/mol. The Morgan fingerprint density at radius 2 is 2.21 bits per heavy atom. The van der Waals surface area contributed by atoms with Crippen LogP contribution < -0.4 is 5.32 Å². The maximum absolute atomic E-state index is 11.5. The van der Waals surface area contributed by atoms with Crippen LogP contribution in [0.25, 0.3) is 6.08 Å². The number of nitrogens with one attached hydrogen (secondary N) is 1. The number of hydrogen-bond donors (Lipinski definition) is 2. The van der Waals surface area contributed by atoms with Crippen molar-refractivity contribution >= 4 is 29.3 Å². The van der Waals surface area contributed by atoms with E-state index >= 15 is 0 Å². The third-order valence-corrected chi connectivity index (χ3v) is 3.66. The van der Waals surface area contributed by atoms with Gasteiger partial charge in [0.15, 0.2) is 0 Å². The van der Waals surface area contributed by atoms with Crippen LogP contribution in [0.2, 0.25) is 0 Å². The predicted octanol–water partition coefficient (Wildman–Crippen LogP) is 2.69. The molecule has 0 aliphatic carbocycles. The standard InChI is InChI=1S/C14H19NO3S/c1-10(14(17)18)4-3-9-15-13(16)8-7-12-6-5-11(2)19-12/h5-8,10H,3-4,9H2,1-2H3,(H,15,16)(H,17,18)/b8-7+. The van der Waals surface area contributed by atoms with Crippen LogP contribution in [0.5, 0.6) is 0 Å². The van der Waals surface area contributed by atoms with Crippen LogP contribution in [0, 0.1) is 12.8 Å². The van der Waals surface area contributed by atoms with Crippen molar-refractivity contribution in [3.8, 4) is 0 Å². The van der Waals surface area contributed by atoms with Gasteiger partial charge in [0, 0.05) is 22.4 Å². The first-order valence-electron chi connectivity index (χ1n) is 6.24. The Labute approximate surface area is 117 Å². The molecule has 0 aliphatic rings. The molecule has 1 aromatic rings. The largest absolute Gasteiger partial charge is 0.481 e. The fourth-order valence-corrected chi connectivity index (χ4v) is 2.28. The molecular formula is C14H19NO3S. The number of carboxylic acid groups (broad SMARTS) is 1. The second kappa shape index (κ2) is 7.74. The Morgan fingerprint density at radius 3 is 2.79 bits per heavy atom. The second-order valence-corrected chi connectivity index (χ2v) is 5.77. The molecule has 0 spiro atoms. The lowest BCUT2D eigenvalue weighted by atomic mass is 10.1. The number of carbonyl (C=O) groups is 2. The first-order valence-corrected chi connectivity index (χ1v) is 7.06. The van der Waals surface area contributed by atoms with Crippen LogP contribution in [-0.4, -0.2) is 23.5 Å². The summed E-state index contributed by atoms with van der Waals surface area (Å²) in [5.74, 6) is -1.30. The molecule has 1 heterocycles. The monoisotopic (exact) mass is 281 g/mol. The summed E-state index contributed by atoms with van der Waals surface area (Å²) in [5.41, 5.74) is 0. The molecule has 0 fully saturated rings. The Kier molecular flexibility index (Phi) is 6.29. The molecule has 19 heavy (non-hydrogen) atoms. The van der Waals surface area contributed by atoms with Gasteiger partial charge in [-0.1, -0.05) is 6.92 Å². The molecule has 0 saturated carbocycles. The van der Waals surface area contributed by atoms with Gasteiger partial charge in [-0.25, -0.2) is 0 Å². The van der Waals surface area contributed by atoms with E-state index in [9.17, 15) is 9.59 Å². The molecule has 0 bridgehead atoms. The second-order valence-electron chi connectivity index (χ2n) is 4.45. The minimum atomic E-state index is -0.792. The summed E-state index contributed by atoms with van der Waals surface area (Å²) in [4.78, 5) is 24.3. The lowest BCUT2D eigenvalue weighted by Gasteiger charge is -2.05. The van der Waals surface area contributed by atoms with Crippen molar-refractivity contribution in [1.29, 1.82) is 0 Å². The van der Waals surface area contributed by atoms with E-state index in [1.165, 1.54) is 11.0 Å². The third-order valence-electron chi connectivity index (χ3n) is 2.69. The topological polar surface area (TPSA) is 66.4 Å². The maximum atomic E-state index is 11.5. The molecule has 4 nitrogen and oxygen atoms in total. The van der Waals surface area contributed by atoms with E-state index in [1.807, 2.05) is 19.1 Å². The van der Waals surface area contributed by atoms with Gasteiger partial charge in [-0.3, -0.25) is 9.59 Å². The molecule has 2 N–H and O–H groups in total. The Morgan fingerprint density at radius 1 is 1.47 bits per heavy atom. The highest BCUT2D eigenvalue weighted by molar-refractivity contribution is 7.12. The van der Waals surface area contributed by atoms with Gasteiger partial charge in [0.05, 0.1) is 5.92 Å². The summed E-state index contributed by atoms with van der Waals surface area (Å²) in [5, 5.41) is 11.4. The molecule has 1 rings (SSSR count). The molecule has 0 aromatic carbocycles. The van der Waals surface area contributed by atoms with Gasteiger partial charge in [-0.15, -0.1) is 11.3 Å². The Balaban J connectivity index is 2.21. The molecule has 1 unspecified atom stereocenters. The van der Waals surface area contributed by atoms with E-state index < -0.39 is 5.97 Å². The zero-order chi connectivity index (χ0) is 14.3. The van der Waals surface area contributed by atoms with E-state index in [0.717, 1.165) is 4.88 Å². The highest BCUT2D eigenvalue weighted by atomic mass is 32.1. The molecule has 0 radical (unpaired) electrons. The average molecular weight is 281 g/mol. The number of aryl methyl sites for hydroxylation is 1. The van der Waals surface area contributed by atoms with Gasteiger partial charge in [0.25, 0.3) is 0 Å². The van der Waals surface area contributed by atoms with Crippen LogP contribution in [0.15, 0.2) is 18.2 Å². The SMILES string of the molecule is Cc1ccc(/C=C/C(=O)NCCCC(C)C(=O)O)s1. The third kappa shape index (κ3) is 6.20. The summed E-state index contributed by atoms with van der Waals surface area (Å²) in [6, 6.07) is 3.98. The van der Waals surface area contributed by atoms with E-state index in [-0.39, 0.29) is 11.8 Å². The number of rotatable bonds is 7. The normalized spacial score (nSPS) is 12.5. The Hall–Kier alpha value is -1.62. The van der Waals surface area contributed by atoms with E-state index in [2.05, 4.69) is 5.32 Å². The van der Waals surface area contributed by atoms with Crippen molar-refractivity contribution in [3.63, 3.8) is 0 Å². The molecule has 0 aliphatic heterocycles. The molecule has 1 amide bonds. The van der Waals surface area contributed by atoms with E-state index in [4.69, 9.17) is 5.11 Å². The number of hydrogen-bond acceptors (Lipinski definition) is 3. The molecule has 0 saturated heterocycles. The maximum Gasteiger partial charge on any atom is 0.306 e. The molecule has 1 aromatic heterocycles. The lowest BCUT2D eigenvalue weighted by Crippen LogP contribution is -2.23. The minimum Gasteiger partial charge on any atom is -0.481 e. The van der Waals surface area contributed by atoms with Gasteiger partial charge in [0.1, 0.15) is 0 Å². The molecule has 1 atom stereocenters. The highest BCUT2D eigenvalue weighted by Gasteiger charge is 2.09. The van der Waals surface area contributed by atoms with Crippen molar-refractivity contribution < 1.29 is 14.7 Å². The lowest BCUT2D eigenvalue weighted by molar-refractivity contribution is -0.141. The van der Waals surface area contributed by atoms with Crippen LogP contribution >= 0.6 is 11.3 Å². The molecule has 104 valence electrons. The average Bonchev–Trinajstić information content (AvgIpc) is 2.77. The molecule has 5 heteroatoms. The van der Waals surface area contributed by atoms with Gasteiger partial charge in [-0.05, 0) is 38.0 Å². The first kappa shape index (κ1) is 15.4. The van der Waals surface area contributed by atoms with E-state index in [0.29, 0.717) is 19.4 Å². The Bertz CT molecular complexity index is 465. The zero-order valence-electron chi connectivity index (χ0n) is 11.2. The first-order chi connectivity index (χ1) is 8.99. The van der Waals surface area contributed by atoms with Crippen molar-refractivity contribution in [3.05, 3.63) is 28.0 Å². The van der Waals surface area contributed by atoms with Gasteiger partial charge in [0.2, 0.25) is 5.91 Å². The van der Waals surface area contributed by atoms with Crippen LogP contribution in [-0.2, 0) is 9.59 Å². The summed E-state index contributed by atoms with van der Waals surface area (Å²) < 4.78 is 0. The van der Waals surface area contributed by atoms with Gasteiger partial charge < -0.3 is 10.4 Å². The van der Waals surface area contributed by atoms with Gasteiger partial charge >= 0.3 is 5.97 Å². The zero-order valence-corrected chi connectivity index (χ0v) is 12.0. The summed E-state index contributed by atoms with van der Waals surface area (Å²) in [6.07, 6.45) is 4.54. The number of carboxylic acids is 1. The smallest absolute Gasteiger partial charge is 0.306 e. The fourth-order valence-electron chi connectivity index (χ4n) is 1.50. The van der Waals surface area contributed by atoms with Crippen LogP contribution in [0.3, 0.4) is 0 Å². The minimum absolute atomic E-state index is 0.144. The number of carbonyl (C=O) groups excluding carboxylic acids is 1. The predicted molar refractivity (Wildman–Crippen MR) is 77.1 cm³/mol. The van der Waals surface area contributed by atoms with Crippen molar-refractivity contribution in [2.75, 3.05) is 6.54 Å². The number of aliphatic carboxylic acids is 1. The fraction of sp³-hybridized carbons (Fsp3) is 0.429. The summed E-state index contributed by atoms with van der Waals surface area (Å²) >= 11 is 1.63. The van der Waals surface area contributed by atoms with Crippen LogP contribution in [0.1, 0.15) is 29.5 Å². The van der Waals surface area contributed by atoms with Crippen LogP contribution in [0.4, 0.5) is 0 Å². The number of amides is 1. The van der Waals surface area contributed by atoms with E-state index in [1.54, 1.807) is 24.3 Å². The van der Waals surface area contributed by atoms with Crippen molar-refractivity contribution in [1.82, 2.24) is 5.32 Å². The van der Waals surface area contributed by atoms with Crippen molar-refractivity contribution in [2.24, 2.45) is 5.92 Å². The quantitative estimate of drug-likeness (QED) is 0.596. The summed E-state index contributed by atoms with van der Waals surface area (Å²) in [7, 11) is 0. The number of thiophene rings is 1.